The Kier molecular flexibility index (Phi) is 4.36. The van der Waals surface area contributed by atoms with Crippen LogP contribution in [0.1, 0.15) is 12.5 Å². The van der Waals surface area contributed by atoms with Crippen LogP contribution in [0.2, 0.25) is 0 Å². The van der Waals surface area contributed by atoms with Crippen molar-refractivity contribution in [1.29, 1.82) is 0 Å². The summed E-state index contributed by atoms with van der Waals surface area (Å²) in [5, 5.41) is 0.863. The van der Waals surface area contributed by atoms with E-state index in [2.05, 4.69) is 6.58 Å². The molecular formula is C22H20O5. The fourth-order valence-electron chi connectivity index (χ4n) is 3.17. The lowest BCUT2D eigenvalue weighted by atomic mass is 9.99. The summed E-state index contributed by atoms with van der Waals surface area (Å²) in [5.74, 6) is 1.97. The Balaban J connectivity index is 1.79. The van der Waals surface area contributed by atoms with E-state index in [-0.39, 0.29) is 0 Å². The van der Waals surface area contributed by atoms with Gasteiger partial charge in [0.2, 0.25) is 0 Å². The second-order valence-electron chi connectivity index (χ2n) is 6.65. The van der Waals surface area contributed by atoms with Gasteiger partial charge in [-0.05, 0) is 54.8 Å². The van der Waals surface area contributed by atoms with Crippen molar-refractivity contribution in [1.82, 2.24) is 0 Å². The lowest BCUT2D eigenvalue weighted by molar-refractivity contribution is 0.171. The minimum absolute atomic E-state index is 0.395. The molecule has 0 N–H and O–H groups in total. The molecule has 1 aliphatic rings. The van der Waals surface area contributed by atoms with Crippen molar-refractivity contribution in [2.75, 3.05) is 19.8 Å². The monoisotopic (exact) mass is 364 g/mol. The third kappa shape index (κ3) is 3.28. The largest absolute Gasteiger partial charge is 0.489 e. The molecule has 0 bridgehead atoms. The lowest BCUT2D eigenvalue weighted by Crippen LogP contribution is -2.15. The summed E-state index contributed by atoms with van der Waals surface area (Å²) in [7, 11) is 0. The van der Waals surface area contributed by atoms with Gasteiger partial charge in [0.25, 0.3) is 0 Å². The molecule has 0 fully saturated rings. The van der Waals surface area contributed by atoms with E-state index in [1.54, 1.807) is 6.07 Å². The number of fused-ring (bicyclic) bond motifs is 2. The van der Waals surface area contributed by atoms with Gasteiger partial charge >= 0.3 is 5.63 Å². The molecule has 0 unspecified atom stereocenters. The molecule has 5 heteroatoms. The van der Waals surface area contributed by atoms with Crippen LogP contribution >= 0.6 is 0 Å². The smallest absolute Gasteiger partial charge is 0.344 e. The summed E-state index contributed by atoms with van der Waals surface area (Å²) in [6, 6.07) is 11.0. The first-order valence-electron chi connectivity index (χ1n) is 8.77. The van der Waals surface area contributed by atoms with Crippen LogP contribution < -0.4 is 19.8 Å². The fourth-order valence-corrected chi connectivity index (χ4v) is 3.17. The Bertz CT molecular complexity index is 1090. The summed E-state index contributed by atoms with van der Waals surface area (Å²) in [5.41, 5.74) is 3.14. The average molecular weight is 364 g/mol. The number of aryl methyl sites for hydroxylation is 1. The Hall–Kier alpha value is -3.21. The summed E-state index contributed by atoms with van der Waals surface area (Å²) >= 11 is 0. The highest BCUT2D eigenvalue weighted by molar-refractivity contribution is 5.87. The van der Waals surface area contributed by atoms with E-state index in [0.29, 0.717) is 48.2 Å². The van der Waals surface area contributed by atoms with Crippen LogP contribution in [-0.4, -0.2) is 19.8 Å². The molecule has 2 heterocycles. The van der Waals surface area contributed by atoms with Gasteiger partial charge in [-0.1, -0.05) is 12.6 Å². The van der Waals surface area contributed by atoms with Crippen molar-refractivity contribution < 1.29 is 18.6 Å². The van der Waals surface area contributed by atoms with Crippen molar-refractivity contribution in [3.63, 3.8) is 0 Å². The van der Waals surface area contributed by atoms with Crippen molar-refractivity contribution in [3.05, 3.63) is 64.5 Å². The van der Waals surface area contributed by atoms with Gasteiger partial charge in [-0.25, -0.2) is 4.79 Å². The molecule has 1 aromatic heterocycles. The van der Waals surface area contributed by atoms with E-state index in [9.17, 15) is 4.79 Å². The second kappa shape index (κ2) is 6.83. The zero-order chi connectivity index (χ0) is 19.0. The van der Waals surface area contributed by atoms with E-state index < -0.39 is 5.63 Å². The van der Waals surface area contributed by atoms with Crippen LogP contribution in [-0.2, 0) is 0 Å². The van der Waals surface area contributed by atoms with Crippen molar-refractivity contribution in [3.8, 4) is 28.4 Å². The van der Waals surface area contributed by atoms with Crippen molar-refractivity contribution >= 4 is 11.0 Å². The number of hydrogen-bond acceptors (Lipinski definition) is 5. The number of ether oxygens (including phenoxy) is 3. The lowest BCUT2D eigenvalue weighted by Gasteiger charge is -2.19. The first kappa shape index (κ1) is 17.2. The molecule has 3 aromatic rings. The maximum atomic E-state index is 12.7. The second-order valence-corrected chi connectivity index (χ2v) is 6.65. The van der Waals surface area contributed by atoms with Gasteiger partial charge in [-0.2, -0.15) is 0 Å². The number of hydrogen-bond donors (Lipinski definition) is 0. The molecule has 0 amide bonds. The average Bonchev–Trinajstić information content (AvgIpc) is 2.66. The minimum atomic E-state index is -0.395. The minimum Gasteiger partial charge on any atom is -0.489 e. The number of rotatable bonds is 4. The number of benzene rings is 2. The van der Waals surface area contributed by atoms with E-state index in [1.807, 2.05) is 44.2 Å². The highest BCUT2D eigenvalue weighted by Gasteiger charge is 2.18. The van der Waals surface area contributed by atoms with Gasteiger partial charge in [0.05, 0.1) is 5.56 Å². The first-order chi connectivity index (χ1) is 13.0. The first-order valence-corrected chi connectivity index (χ1v) is 8.77. The third-order valence-electron chi connectivity index (χ3n) is 4.45. The summed E-state index contributed by atoms with van der Waals surface area (Å²) in [6.45, 7) is 9.07. The summed E-state index contributed by atoms with van der Waals surface area (Å²) in [4.78, 5) is 12.7. The summed E-state index contributed by atoms with van der Waals surface area (Å²) in [6.07, 6.45) is 0. The van der Waals surface area contributed by atoms with Crippen molar-refractivity contribution in [2.45, 2.75) is 13.8 Å². The Morgan fingerprint density at radius 3 is 2.67 bits per heavy atom. The molecule has 0 aliphatic carbocycles. The standard InChI is InChI=1S/C22H20O5/c1-13(2)12-26-16-5-6-17-14(3)21(22(23)27-19(17)11-16)15-4-7-18-20(10-15)25-9-8-24-18/h4-7,10-11H,1,8-9,12H2,2-3H3. The van der Waals surface area contributed by atoms with Gasteiger partial charge in [0.1, 0.15) is 31.2 Å². The molecule has 138 valence electrons. The normalized spacial score (nSPS) is 12.8. The maximum Gasteiger partial charge on any atom is 0.344 e. The van der Waals surface area contributed by atoms with Gasteiger partial charge in [0, 0.05) is 11.5 Å². The fraction of sp³-hybridized carbons (Fsp3) is 0.227. The Labute approximate surface area is 156 Å². The SMILES string of the molecule is C=C(C)COc1ccc2c(C)c(-c3ccc4c(c3)OCCO4)c(=O)oc2c1. The molecule has 1 aliphatic heterocycles. The molecule has 0 spiro atoms. The third-order valence-corrected chi connectivity index (χ3v) is 4.45. The predicted octanol–water partition coefficient (Wildman–Crippen LogP) is 4.49. The van der Waals surface area contributed by atoms with E-state index in [1.165, 1.54) is 0 Å². The van der Waals surface area contributed by atoms with Gasteiger partial charge < -0.3 is 18.6 Å². The Morgan fingerprint density at radius 1 is 1.11 bits per heavy atom. The van der Waals surface area contributed by atoms with Crippen LogP contribution in [0, 0.1) is 6.92 Å². The molecule has 0 saturated carbocycles. The van der Waals surface area contributed by atoms with Gasteiger partial charge in [-0.15, -0.1) is 0 Å². The van der Waals surface area contributed by atoms with Crippen LogP contribution in [0.15, 0.2) is 57.8 Å². The quantitative estimate of drug-likeness (QED) is 0.504. The van der Waals surface area contributed by atoms with Crippen LogP contribution in [0.5, 0.6) is 17.2 Å². The van der Waals surface area contributed by atoms with E-state index >= 15 is 0 Å². The molecule has 0 atom stereocenters. The van der Waals surface area contributed by atoms with Gasteiger partial charge in [-0.3, -0.25) is 0 Å². The zero-order valence-corrected chi connectivity index (χ0v) is 15.3. The van der Waals surface area contributed by atoms with Crippen molar-refractivity contribution in [2.24, 2.45) is 0 Å². The maximum absolute atomic E-state index is 12.7. The molecule has 2 aromatic carbocycles. The highest BCUT2D eigenvalue weighted by Crippen LogP contribution is 2.36. The van der Waals surface area contributed by atoms with Crippen LogP contribution in [0.4, 0.5) is 0 Å². The molecule has 0 saturated heterocycles. The van der Waals surface area contributed by atoms with E-state index in [0.717, 1.165) is 22.1 Å². The van der Waals surface area contributed by atoms with E-state index in [4.69, 9.17) is 18.6 Å². The zero-order valence-electron chi connectivity index (χ0n) is 15.3. The molecular weight excluding hydrogens is 344 g/mol. The molecule has 0 radical (unpaired) electrons. The molecule has 4 rings (SSSR count). The highest BCUT2D eigenvalue weighted by atomic mass is 16.6. The topological polar surface area (TPSA) is 57.9 Å². The molecule has 27 heavy (non-hydrogen) atoms. The van der Waals surface area contributed by atoms with Gasteiger partial charge in [0.15, 0.2) is 11.5 Å². The predicted molar refractivity (Wildman–Crippen MR) is 104 cm³/mol. The molecule has 5 nitrogen and oxygen atoms in total. The Morgan fingerprint density at radius 2 is 1.89 bits per heavy atom. The van der Waals surface area contributed by atoms with Crippen LogP contribution in [0.25, 0.3) is 22.1 Å². The summed E-state index contributed by atoms with van der Waals surface area (Å²) < 4.78 is 22.4. The van der Waals surface area contributed by atoms with Crippen LogP contribution in [0.3, 0.4) is 0 Å².